The first-order valence-corrected chi connectivity index (χ1v) is 9.13. The van der Waals surface area contributed by atoms with Gasteiger partial charge in [0.1, 0.15) is 4.88 Å². The number of hydrogen-bond donors (Lipinski definition) is 0. The second-order valence-electron chi connectivity index (χ2n) is 6.54. The van der Waals surface area contributed by atoms with E-state index in [2.05, 4.69) is 6.92 Å². The Balaban J connectivity index is 2.93. The molecule has 0 aromatic carbocycles. The van der Waals surface area contributed by atoms with Crippen molar-refractivity contribution in [3.05, 3.63) is 21.4 Å². The first-order valence-electron chi connectivity index (χ1n) is 8.32. The molecule has 0 N–H and O–H groups in total. The van der Waals surface area contributed by atoms with E-state index >= 15 is 0 Å². The number of esters is 2. The minimum Gasteiger partial charge on any atom is -0.462 e. The van der Waals surface area contributed by atoms with Crippen molar-refractivity contribution < 1.29 is 19.1 Å². The Hall–Kier alpha value is -1.36. The van der Waals surface area contributed by atoms with Crippen molar-refractivity contribution in [2.45, 2.75) is 53.9 Å². The van der Waals surface area contributed by atoms with E-state index in [9.17, 15) is 9.59 Å². The number of rotatable bonds is 9. The molecule has 0 saturated heterocycles. The SMILES string of the molecule is CCCCc1cc(C(=O)OCC(C)C)c(C(=O)OCC(C)C)s1. The van der Waals surface area contributed by atoms with Crippen LogP contribution >= 0.6 is 11.3 Å². The first-order chi connectivity index (χ1) is 10.8. The molecule has 0 radical (unpaired) electrons. The summed E-state index contributed by atoms with van der Waals surface area (Å²) in [5.74, 6) is -0.347. The lowest BCUT2D eigenvalue weighted by Crippen LogP contribution is -2.15. The van der Waals surface area contributed by atoms with Gasteiger partial charge in [-0.05, 0) is 30.7 Å². The zero-order valence-corrected chi connectivity index (χ0v) is 15.6. The summed E-state index contributed by atoms with van der Waals surface area (Å²) in [7, 11) is 0. The van der Waals surface area contributed by atoms with E-state index in [1.54, 1.807) is 6.07 Å². The summed E-state index contributed by atoms with van der Waals surface area (Å²) in [4.78, 5) is 26.0. The van der Waals surface area contributed by atoms with Gasteiger partial charge in [-0.2, -0.15) is 0 Å². The average Bonchev–Trinajstić information content (AvgIpc) is 2.92. The number of aryl methyl sites for hydroxylation is 1. The van der Waals surface area contributed by atoms with Crippen LogP contribution in [0.5, 0.6) is 0 Å². The van der Waals surface area contributed by atoms with Crippen LogP contribution in [0.3, 0.4) is 0 Å². The highest BCUT2D eigenvalue weighted by Gasteiger charge is 2.24. The molecule has 0 saturated carbocycles. The third-order valence-electron chi connectivity index (χ3n) is 3.06. The lowest BCUT2D eigenvalue weighted by atomic mass is 10.2. The van der Waals surface area contributed by atoms with Gasteiger partial charge in [-0.3, -0.25) is 0 Å². The largest absolute Gasteiger partial charge is 0.462 e. The molecule has 0 fully saturated rings. The van der Waals surface area contributed by atoms with Gasteiger partial charge in [0, 0.05) is 4.88 Å². The number of hydrogen-bond acceptors (Lipinski definition) is 5. The fraction of sp³-hybridized carbons (Fsp3) is 0.667. The van der Waals surface area contributed by atoms with E-state index < -0.39 is 11.9 Å². The Morgan fingerprint density at radius 2 is 1.61 bits per heavy atom. The molecule has 5 heteroatoms. The first kappa shape index (κ1) is 19.7. The number of ether oxygens (including phenoxy) is 2. The predicted molar refractivity (Wildman–Crippen MR) is 93.2 cm³/mol. The third kappa shape index (κ3) is 6.73. The van der Waals surface area contributed by atoms with Crippen molar-refractivity contribution in [1.29, 1.82) is 0 Å². The van der Waals surface area contributed by atoms with Gasteiger partial charge in [-0.1, -0.05) is 41.0 Å². The molecule has 1 rings (SSSR count). The molecule has 0 atom stereocenters. The zero-order valence-electron chi connectivity index (χ0n) is 14.8. The number of carbonyl (C=O) groups excluding carboxylic acids is 2. The highest BCUT2D eigenvalue weighted by Crippen LogP contribution is 2.26. The summed E-state index contributed by atoms with van der Waals surface area (Å²) in [6.07, 6.45) is 2.96. The summed E-state index contributed by atoms with van der Waals surface area (Å²) < 4.78 is 10.6. The van der Waals surface area contributed by atoms with Crippen molar-refractivity contribution in [3.63, 3.8) is 0 Å². The predicted octanol–water partition coefficient (Wildman–Crippen LogP) is 4.72. The van der Waals surface area contributed by atoms with Crippen LogP contribution in [-0.4, -0.2) is 25.2 Å². The van der Waals surface area contributed by atoms with E-state index in [1.165, 1.54) is 11.3 Å². The second kappa shape index (κ2) is 9.71. The Bertz CT molecular complexity index is 476. The molecule has 0 aliphatic rings. The number of carbonyl (C=O) groups is 2. The van der Waals surface area contributed by atoms with Crippen molar-refractivity contribution in [1.82, 2.24) is 0 Å². The molecular weight excluding hydrogens is 312 g/mol. The maximum Gasteiger partial charge on any atom is 0.349 e. The van der Waals surface area contributed by atoms with Gasteiger partial charge >= 0.3 is 11.9 Å². The number of unbranched alkanes of at least 4 members (excludes halogenated alkanes) is 1. The molecule has 0 bridgehead atoms. The van der Waals surface area contributed by atoms with Crippen LogP contribution in [0.4, 0.5) is 0 Å². The standard InChI is InChI=1S/C18H28O4S/c1-6-7-8-14-9-15(17(19)21-10-12(2)3)16(23-14)18(20)22-11-13(4)5/h9,12-13H,6-8,10-11H2,1-5H3. The number of thiophene rings is 1. The van der Waals surface area contributed by atoms with E-state index in [1.807, 2.05) is 27.7 Å². The van der Waals surface area contributed by atoms with Crippen molar-refractivity contribution >= 4 is 23.3 Å². The van der Waals surface area contributed by atoms with E-state index in [-0.39, 0.29) is 11.8 Å². The van der Waals surface area contributed by atoms with E-state index in [0.29, 0.717) is 23.7 Å². The summed E-state index contributed by atoms with van der Waals surface area (Å²) in [5.41, 5.74) is 0.343. The maximum atomic E-state index is 12.3. The normalized spacial score (nSPS) is 11.1. The molecule has 4 nitrogen and oxygen atoms in total. The maximum absolute atomic E-state index is 12.3. The Morgan fingerprint density at radius 3 is 2.13 bits per heavy atom. The van der Waals surface area contributed by atoms with Crippen LogP contribution in [0.1, 0.15) is 72.4 Å². The van der Waals surface area contributed by atoms with Gasteiger partial charge in [-0.15, -0.1) is 11.3 Å². The highest BCUT2D eigenvalue weighted by molar-refractivity contribution is 7.14. The molecule has 1 aromatic rings. The summed E-state index contributed by atoms with van der Waals surface area (Å²) >= 11 is 1.35. The molecular formula is C18H28O4S. The lowest BCUT2D eigenvalue weighted by molar-refractivity contribution is 0.0417. The minimum atomic E-state index is -0.436. The van der Waals surface area contributed by atoms with E-state index in [4.69, 9.17) is 9.47 Å². The molecule has 0 spiro atoms. The zero-order chi connectivity index (χ0) is 17.4. The summed E-state index contributed by atoms with van der Waals surface area (Å²) in [5, 5.41) is 0. The molecule has 23 heavy (non-hydrogen) atoms. The smallest absolute Gasteiger partial charge is 0.349 e. The molecule has 1 heterocycles. The molecule has 1 aromatic heterocycles. The summed E-state index contributed by atoms with van der Waals surface area (Å²) in [6.45, 7) is 10.7. The van der Waals surface area contributed by atoms with Gasteiger partial charge in [0.15, 0.2) is 0 Å². The molecule has 0 unspecified atom stereocenters. The second-order valence-corrected chi connectivity index (χ2v) is 7.68. The van der Waals surface area contributed by atoms with Crippen LogP contribution in [-0.2, 0) is 15.9 Å². The van der Waals surface area contributed by atoms with Gasteiger partial charge < -0.3 is 9.47 Å². The summed E-state index contributed by atoms with van der Waals surface area (Å²) in [6, 6.07) is 1.79. The molecule has 0 aliphatic heterocycles. The van der Waals surface area contributed by atoms with E-state index in [0.717, 1.165) is 24.1 Å². The quantitative estimate of drug-likeness (QED) is 0.611. The van der Waals surface area contributed by atoms with Crippen LogP contribution in [0.15, 0.2) is 6.07 Å². The van der Waals surface area contributed by atoms with Crippen LogP contribution in [0, 0.1) is 11.8 Å². The Morgan fingerprint density at radius 1 is 1.04 bits per heavy atom. The Labute approximate surface area is 143 Å². The lowest BCUT2D eigenvalue weighted by Gasteiger charge is -2.09. The topological polar surface area (TPSA) is 52.6 Å². The van der Waals surface area contributed by atoms with Gasteiger partial charge in [-0.25, -0.2) is 9.59 Å². The fourth-order valence-electron chi connectivity index (χ4n) is 1.85. The molecule has 0 aliphatic carbocycles. The molecule has 130 valence electrons. The Kier molecular flexibility index (Phi) is 8.31. The van der Waals surface area contributed by atoms with Gasteiger partial charge in [0.05, 0.1) is 18.8 Å². The fourth-order valence-corrected chi connectivity index (χ4v) is 2.93. The van der Waals surface area contributed by atoms with Crippen molar-refractivity contribution in [3.8, 4) is 0 Å². The van der Waals surface area contributed by atoms with Gasteiger partial charge in [0.25, 0.3) is 0 Å². The minimum absolute atomic E-state index is 0.258. The third-order valence-corrected chi connectivity index (χ3v) is 4.24. The highest BCUT2D eigenvalue weighted by atomic mass is 32.1. The van der Waals surface area contributed by atoms with Gasteiger partial charge in [0.2, 0.25) is 0 Å². The van der Waals surface area contributed by atoms with Crippen molar-refractivity contribution in [2.24, 2.45) is 11.8 Å². The van der Waals surface area contributed by atoms with Crippen LogP contribution in [0.2, 0.25) is 0 Å². The van der Waals surface area contributed by atoms with Crippen LogP contribution in [0.25, 0.3) is 0 Å². The monoisotopic (exact) mass is 340 g/mol. The average molecular weight is 340 g/mol. The van der Waals surface area contributed by atoms with Crippen molar-refractivity contribution in [2.75, 3.05) is 13.2 Å². The van der Waals surface area contributed by atoms with Crippen LogP contribution < -0.4 is 0 Å². The molecule has 0 amide bonds.